The number of carbonyl (C=O) groups is 1. The van der Waals surface area contributed by atoms with E-state index in [2.05, 4.69) is 32.2 Å². The summed E-state index contributed by atoms with van der Waals surface area (Å²) < 4.78 is 0. The maximum atomic E-state index is 12.1. The maximum Gasteiger partial charge on any atom is 0.234 e. The zero-order valence-corrected chi connectivity index (χ0v) is 15.1. The van der Waals surface area contributed by atoms with Crippen molar-refractivity contribution in [3.63, 3.8) is 0 Å². The highest BCUT2D eigenvalue weighted by molar-refractivity contribution is 5.78. The van der Waals surface area contributed by atoms with Crippen LogP contribution in [0.2, 0.25) is 0 Å². The fraction of sp³-hybridized carbons (Fsp3) is 0.600. The first-order chi connectivity index (χ1) is 12.3. The van der Waals surface area contributed by atoms with Gasteiger partial charge in [0, 0.05) is 45.5 Å². The van der Waals surface area contributed by atoms with Gasteiger partial charge in [-0.3, -0.25) is 19.6 Å². The largest absolute Gasteiger partial charge is 0.355 e. The van der Waals surface area contributed by atoms with Crippen molar-refractivity contribution < 1.29 is 4.79 Å². The van der Waals surface area contributed by atoms with E-state index in [1.54, 1.807) is 0 Å². The number of nitrogens with zero attached hydrogens (tertiary/aromatic N) is 3. The molecular formula is C20H30N4O. The van der Waals surface area contributed by atoms with E-state index >= 15 is 0 Å². The molecule has 0 atom stereocenters. The molecular weight excluding hydrogens is 312 g/mol. The molecule has 0 saturated carbocycles. The number of allylic oxidation sites excluding steroid dienone is 1. The Morgan fingerprint density at radius 1 is 1.12 bits per heavy atom. The summed E-state index contributed by atoms with van der Waals surface area (Å²) in [7, 11) is 0. The quantitative estimate of drug-likeness (QED) is 0.772. The topological polar surface area (TPSA) is 48.5 Å². The fourth-order valence-corrected chi connectivity index (χ4v) is 3.58. The third-order valence-corrected chi connectivity index (χ3v) is 5.10. The minimum Gasteiger partial charge on any atom is -0.355 e. The van der Waals surface area contributed by atoms with Crippen LogP contribution in [0.1, 0.15) is 37.8 Å². The third kappa shape index (κ3) is 6.25. The van der Waals surface area contributed by atoms with Crippen LogP contribution >= 0.6 is 0 Å². The highest BCUT2D eigenvalue weighted by Crippen LogP contribution is 2.19. The molecule has 1 aliphatic carbocycles. The Bertz CT molecular complexity index is 564. The van der Waals surface area contributed by atoms with Gasteiger partial charge in [0.15, 0.2) is 0 Å². The smallest absolute Gasteiger partial charge is 0.234 e. The van der Waals surface area contributed by atoms with Gasteiger partial charge in [0.05, 0.1) is 12.2 Å². The Balaban J connectivity index is 1.30. The van der Waals surface area contributed by atoms with Crippen LogP contribution in [0.5, 0.6) is 0 Å². The molecule has 1 N–H and O–H groups in total. The predicted octanol–water partition coefficient (Wildman–Crippen LogP) is 2.21. The minimum absolute atomic E-state index is 0.162. The molecule has 1 aromatic heterocycles. The summed E-state index contributed by atoms with van der Waals surface area (Å²) in [4.78, 5) is 21.2. The zero-order valence-electron chi connectivity index (χ0n) is 15.1. The number of carbonyl (C=O) groups excluding carboxylic acids is 1. The second-order valence-corrected chi connectivity index (χ2v) is 7.08. The van der Waals surface area contributed by atoms with Crippen LogP contribution in [0.25, 0.3) is 0 Å². The molecule has 0 radical (unpaired) electrons. The van der Waals surface area contributed by atoms with E-state index in [4.69, 9.17) is 0 Å². The lowest BCUT2D eigenvalue weighted by atomic mass is 9.97. The number of rotatable bonds is 7. The Hall–Kier alpha value is -1.72. The number of pyridine rings is 1. The van der Waals surface area contributed by atoms with Gasteiger partial charge in [-0.25, -0.2) is 0 Å². The van der Waals surface area contributed by atoms with Gasteiger partial charge < -0.3 is 5.32 Å². The number of hydrogen-bond acceptors (Lipinski definition) is 4. The van der Waals surface area contributed by atoms with Crippen molar-refractivity contribution in [2.75, 3.05) is 39.3 Å². The summed E-state index contributed by atoms with van der Waals surface area (Å²) in [6.07, 6.45) is 10.3. The summed E-state index contributed by atoms with van der Waals surface area (Å²) in [5, 5.41) is 3.08. The van der Waals surface area contributed by atoms with Gasteiger partial charge in [-0.15, -0.1) is 0 Å². The molecule has 136 valence electrons. The van der Waals surface area contributed by atoms with Crippen LogP contribution in [0.3, 0.4) is 0 Å². The number of nitrogens with one attached hydrogen (secondary N) is 1. The van der Waals surface area contributed by atoms with Gasteiger partial charge in [-0.2, -0.15) is 0 Å². The molecule has 0 bridgehead atoms. The SMILES string of the molecule is O=C(CN1CCN(Cc2ccccn2)CC1)NCCC1=CCCCC1. The molecule has 1 aromatic rings. The van der Waals surface area contributed by atoms with Crippen LogP contribution in [-0.2, 0) is 11.3 Å². The van der Waals surface area contributed by atoms with Crippen molar-refractivity contribution in [2.24, 2.45) is 0 Å². The Morgan fingerprint density at radius 2 is 1.96 bits per heavy atom. The third-order valence-electron chi connectivity index (χ3n) is 5.10. The van der Waals surface area contributed by atoms with Crippen molar-refractivity contribution in [1.29, 1.82) is 0 Å². The van der Waals surface area contributed by atoms with Gasteiger partial charge in [0.25, 0.3) is 0 Å². The number of hydrogen-bond donors (Lipinski definition) is 1. The van der Waals surface area contributed by atoms with Gasteiger partial charge >= 0.3 is 0 Å². The predicted molar refractivity (Wildman–Crippen MR) is 100 cm³/mol. The van der Waals surface area contributed by atoms with E-state index in [0.29, 0.717) is 6.54 Å². The number of piperazine rings is 1. The molecule has 5 nitrogen and oxygen atoms in total. The lowest BCUT2D eigenvalue weighted by Crippen LogP contribution is -2.49. The van der Waals surface area contributed by atoms with Gasteiger partial charge in [0.2, 0.25) is 5.91 Å². The van der Waals surface area contributed by atoms with Crippen LogP contribution in [-0.4, -0.2) is 60.0 Å². The first-order valence-electron chi connectivity index (χ1n) is 9.59. The molecule has 25 heavy (non-hydrogen) atoms. The first-order valence-corrected chi connectivity index (χ1v) is 9.59. The Morgan fingerprint density at radius 3 is 2.68 bits per heavy atom. The number of aromatic nitrogens is 1. The molecule has 1 amide bonds. The molecule has 3 rings (SSSR count). The minimum atomic E-state index is 0.162. The summed E-state index contributed by atoms with van der Waals surface area (Å²) in [5.74, 6) is 0.162. The van der Waals surface area contributed by atoms with Crippen molar-refractivity contribution in [3.05, 3.63) is 41.7 Å². The summed E-state index contributed by atoms with van der Waals surface area (Å²) in [6, 6.07) is 6.05. The van der Waals surface area contributed by atoms with E-state index in [0.717, 1.165) is 51.4 Å². The highest BCUT2D eigenvalue weighted by atomic mass is 16.2. The molecule has 1 fully saturated rings. The van der Waals surface area contributed by atoms with E-state index in [1.165, 1.54) is 31.3 Å². The molecule has 0 spiro atoms. The Labute approximate surface area is 151 Å². The van der Waals surface area contributed by atoms with Gasteiger partial charge in [0.1, 0.15) is 0 Å². The summed E-state index contributed by atoms with van der Waals surface area (Å²) in [5.41, 5.74) is 2.64. The van der Waals surface area contributed by atoms with Gasteiger partial charge in [-0.1, -0.05) is 17.7 Å². The molecule has 0 unspecified atom stereocenters. The summed E-state index contributed by atoms with van der Waals surface area (Å²) >= 11 is 0. The Kier molecular flexibility index (Phi) is 7.00. The first kappa shape index (κ1) is 18.1. The monoisotopic (exact) mass is 342 g/mol. The zero-order chi connectivity index (χ0) is 17.3. The van der Waals surface area contributed by atoms with Crippen LogP contribution in [0, 0.1) is 0 Å². The maximum absolute atomic E-state index is 12.1. The second-order valence-electron chi connectivity index (χ2n) is 7.08. The van der Waals surface area contributed by atoms with Crippen LogP contribution in [0.15, 0.2) is 36.0 Å². The molecule has 1 saturated heterocycles. The highest BCUT2D eigenvalue weighted by Gasteiger charge is 2.19. The molecule has 0 aromatic carbocycles. The number of amides is 1. The average molecular weight is 342 g/mol. The molecule has 1 aliphatic heterocycles. The van der Waals surface area contributed by atoms with E-state index in [1.807, 2.05) is 18.3 Å². The van der Waals surface area contributed by atoms with Crippen molar-refractivity contribution in [2.45, 2.75) is 38.6 Å². The van der Waals surface area contributed by atoms with E-state index < -0.39 is 0 Å². The molecule has 2 aliphatic rings. The normalized spacial score (nSPS) is 19.4. The van der Waals surface area contributed by atoms with Crippen LogP contribution < -0.4 is 5.32 Å². The fourth-order valence-electron chi connectivity index (χ4n) is 3.58. The average Bonchev–Trinajstić information content (AvgIpc) is 2.65. The molecule has 5 heteroatoms. The van der Waals surface area contributed by atoms with Gasteiger partial charge in [-0.05, 0) is 44.2 Å². The standard InChI is InChI=1S/C20H30N4O/c25-20(22-11-9-18-6-2-1-3-7-18)17-24-14-12-23(13-15-24)16-19-8-4-5-10-21-19/h4-6,8,10H,1-3,7,9,11-17H2,(H,22,25). The lowest BCUT2D eigenvalue weighted by molar-refractivity contribution is -0.122. The van der Waals surface area contributed by atoms with Crippen LogP contribution in [0.4, 0.5) is 0 Å². The van der Waals surface area contributed by atoms with Crippen molar-refractivity contribution in [1.82, 2.24) is 20.1 Å². The molecule has 2 heterocycles. The lowest BCUT2D eigenvalue weighted by Gasteiger charge is -2.34. The van der Waals surface area contributed by atoms with Crippen molar-refractivity contribution in [3.8, 4) is 0 Å². The van der Waals surface area contributed by atoms with Crippen molar-refractivity contribution >= 4 is 5.91 Å². The summed E-state index contributed by atoms with van der Waals surface area (Å²) in [6.45, 7) is 6.10. The van der Waals surface area contributed by atoms with E-state index in [-0.39, 0.29) is 5.91 Å². The second kappa shape index (κ2) is 9.68. The van der Waals surface area contributed by atoms with E-state index in [9.17, 15) is 4.79 Å².